The summed E-state index contributed by atoms with van der Waals surface area (Å²) >= 11 is 1.85. The Bertz CT molecular complexity index is 2490. The van der Waals surface area contributed by atoms with E-state index in [0.717, 1.165) is 45.3 Å². The Balaban J connectivity index is 1.18. The van der Waals surface area contributed by atoms with Gasteiger partial charge in [0, 0.05) is 37.9 Å². The molecule has 0 unspecified atom stereocenters. The highest BCUT2D eigenvalue weighted by molar-refractivity contribution is 7.99. The Morgan fingerprint density at radius 3 is 1.71 bits per heavy atom. The molecule has 8 aromatic rings. The fraction of sp³-hybridized carbons (Fsp3) is 0.0204. The van der Waals surface area contributed by atoms with E-state index in [4.69, 9.17) is 4.74 Å². The molecule has 10 rings (SSSR count). The average Bonchev–Trinajstić information content (AvgIpc) is 3.22. The maximum Gasteiger partial charge on any atom is 0.132 e. The Morgan fingerprint density at radius 2 is 0.942 bits per heavy atom. The third kappa shape index (κ3) is 4.81. The number of benzene rings is 8. The molecule has 0 amide bonds. The first-order chi connectivity index (χ1) is 25.8. The van der Waals surface area contributed by atoms with E-state index in [0.29, 0.717) is 0 Å². The smallest absolute Gasteiger partial charge is 0.132 e. The van der Waals surface area contributed by atoms with Crippen molar-refractivity contribution in [3.05, 3.63) is 222 Å². The van der Waals surface area contributed by atoms with Crippen LogP contribution < -0.4 is 9.64 Å². The van der Waals surface area contributed by atoms with E-state index in [1.807, 2.05) is 11.8 Å². The van der Waals surface area contributed by atoms with E-state index in [2.05, 4.69) is 205 Å². The quantitative estimate of drug-likeness (QED) is 0.179. The van der Waals surface area contributed by atoms with E-state index >= 15 is 0 Å². The van der Waals surface area contributed by atoms with Crippen LogP contribution in [0.3, 0.4) is 0 Å². The Morgan fingerprint density at radius 1 is 0.385 bits per heavy atom. The monoisotopic (exact) mass is 683 g/mol. The van der Waals surface area contributed by atoms with Gasteiger partial charge in [-0.1, -0.05) is 151 Å². The summed E-state index contributed by atoms with van der Waals surface area (Å²) in [5.41, 5.74) is 12.3. The van der Waals surface area contributed by atoms with Crippen LogP contribution >= 0.6 is 11.8 Å². The number of fused-ring (bicyclic) bond motifs is 8. The molecule has 0 saturated carbocycles. The van der Waals surface area contributed by atoms with Crippen molar-refractivity contribution in [3.63, 3.8) is 0 Å². The molecule has 0 N–H and O–H groups in total. The minimum Gasteiger partial charge on any atom is -0.457 e. The van der Waals surface area contributed by atoms with Crippen LogP contribution in [0, 0.1) is 0 Å². The molecular formula is C49H33NOS. The second-order valence-corrected chi connectivity index (χ2v) is 14.3. The van der Waals surface area contributed by atoms with Gasteiger partial charge in [0.15, 0.2) is 0 Å². The van der Waals surface area contributed by atoms with Crippen LogP contribution in [0.15, 0.2) is 210 Å². The lowest BCUT2D eigenvalue weighted by atomic mass is 9.63. The highest BCUT2D eigenvalue weighted by Gasteiger charge is 2.49. The van der Waals surface area contributed by atoms with E-state index in [-0.39, 0.29) is 0 Å². The van der Waals surface area contributed by atoms with Gasteiger partial charge in [-0.3, -0.25) is 0 Å². The predicted octanol–water partition coefficient (Wildman–Crippen LogP) is 13.4. The van der Waals surface area contributed by atoms with Gasteiger partial charge in [0.1, 0.15) is 11.5 Å². The van der Waals surface area contributed by atoms with Crippen LogP contribution in [0.4, 0.5) is 17.1 Å². The third-order valence-electron chi connectivity index (χ3n) is 10.4. The van der Waals surface area contributed by atoms with E-state index in [9.17, 15) is 0 Å². The van der Waals surface area contributed by atoms with Crippen molar-refractivity contribution in [2.45, 2.75) is 15.2 Å². The van der Waals surface area contributed by atoms with Crippen molar-refractivity contribution in [1.29, 1.82) is 0 Å². The fourth-order valence-corrected chi connectivity index (χ4v) is 9.35. The maximum absolute atomic E-state index is 6.74. The lowest BCUT2D eigenvalue weighted by molar-refractivity contribution is 0.431. The van der Waals surface area contributed by atoms with Crippen molar-refractivity contribution in [2.75, 3.05) is 4.90 Å². The highest BCUT2D eigenvalue weighted by atomic mass is 32.2. The van der Waals surface area contributed by atoms with Gasteiger partial charge in [0.2, 0.25) is 0 Å². The first-order valence-corrected chi connectivity index (χ1v) is 18.5. The lowest BCUT2D eigenvalue weighted by Gasteiger charge is -2.45. The summed E-state index contributed by atoms with van der Waals surface area (Å²) in [4.78, 5) is 4.91. The summed E-state index contributed by atoms with van der Waals surface area (Å²) in [6.45, 7) is 0. The number of rotatable bonds is 5. The molecule has 2 aliphatic rings. The van der Waals surface area contributed by atoms with Crippen molar-refractivity contribution in [2.24, 2.45) is 0 Å². The minimum atomic E-state index is -0.541. The summed E-state index contributed by atoms with van der Waals surface area (Å²) < 4.78 is 6.74. The summed E-state index contributed by atoms with van der Waals surface area (Å²) in [6.07, 6.45) is 0. The Kier molecular flexibility index (Phi) is 7.33. The van der Waals surface area contributed by atoms with E-state index in [1.54, 1.807) is 0 Å². The van der Waals surface area contributed by atoms with Crippen molar-refractivity contribution in [3.8, 4) is 33.8 Å². The topological polar surface area (TPSA) is 12.5 Å². The molecule has 1 spiro atoms. The minimum absolute atomic E-state index is 0.541. The van der Waals surface area contributed by atoms with Gasteiger partial charge in [-0.2, -0.15) is 0 Å². The highest BCUT2D eigenvalue weighted by Crippen LogP contribution is 2.61. The van der Waals surface area contributed by atoms with Crippen LogP contribution in [0.1, 0.15) is 22.3 Å². The molecule has 0 fully saturated rings. The summed E-state index contributed by atoms with van der Waals surface area (Å²) in [6, 6.07) is 72.0. The van der Waals surface area contributed by atoms with E-state index in [1.165, 1.54) is 37.6 Å². The second-order valence-electron chi connectivity index (χ2n) is 13.3. The average molecular weight is 684 g/mol. The zero-order chi connectivity index (χ0) is 34.5. The molecule has 8 aromatic carbocycles. The normalized spacial score (nSPS) is 13.2. The molecule has 0 aliphatic carbocycles. The van der Waals surface area contributed by atoms with E-state index < -0.39 is 5.41 Å². The molecule has 0 atom stereocenters. The number of hydrogen-bond donors (Lipinski definition) is 0. The van der Waals surface area contributed by atoms with Gasteiger partial charge >= 0.3 is 0 Å². The zero-order valence-corrected chi connectivity index (χ0v) is 29.1. The van der Waals surface area contributed by atoms with Gasteiger partial charge in [-0.05, 0) is 88.5 Å². The van der Waals surface area contributed by atoms with Gasteiger partial charge < -0.3 is 9.64 Å². The molecule has 3 heteroatoms. The fourth-order valence-electron chi connectivity index (χ4n) is 8.15. The summed E-state index contributed by atoms with van der Waals surface area (Å²) in [5, 5.41) is 0. The van der Waals surface area contributed by atoms with Crippen molar-refractivity contribution >= 4 is 28.8 Å². The van der Waals surface area contributed by atoms with Gasteiger partial charge in [0.25, 0.3) is 0 Å². The first kappa shape index (κ1) is 30.5. The van der Waals surface area contributed by atoms with Crippen LogP contribution in [0.25, 0.3) is 22.3 Å². The van der Waals surface area contributed by atoms with Gasteiger partial charge in [-0.25, -0.2) is 0 Å². The molecule has 2 heterocycles. The largest absolute Gasteiger partial charge is 0.457 e. The molecule has 0 aromatic heterocycles. The van der Waals surface area contributed by atoms with Gasteiger partial charge in [0.05, 0.1) is 11.1 Å². The lowest BCUT2D eigenvalue weighted by Crippen LogP contribution is -2.36. The van der Waals surface area contributed by atoms with Crippen LogP contribution in [-0.4, -0.2) is 0 Å². The summed E-state index contributed by atoms with van der Waals surface area (Å²) in [5.74, 6) is 1.79. The molecule has 2 aliphatic heterocycles. The molecule has 0 saturated heterocycles. The predicted molar refractivity (Wildman–Crippen MR) is 215 cm³/mol. The van der Waals surface area contributed by atoms with Crippen LogP contribution in [-0.2, 0) is 5.41 Å². The SMILES string of the molecule is c1ccc(-c2ccccc2N(c2ccccc2)c2cccc(-c3ccc4c(c3)C3(c5ccccc5O4)c4ccccc4Sc4ccccc43)c2)cc1. The van der Waals surface area contributed by atoms with Crippen molar-refractivity contribution in [1.82, 2.24) is 0 Å². The third-order valence-corrected chi connectivity index (χ3v) is 11.5. The standard InChI is InChI=1S/C49H33NOS/c1-3-16-34(17-4-1)39-22-7-11-26-44(39)50(37-19-5-2-6-20-37)38-21-15-18-35(32-38)36-30-31-46-43(33-36)49(40-23-8-12-27-45(40)51-46)41-24-9-13-28-47(41)52-48-29-14-10-25-42(48)49/h1-33H. The molecule has 0 radical (unpaired) electrons. The molecular weight excluding hydrogens is 651 g/mol. The Labute approximate surface area is 308 Å². The Hall–Kier alpha value is -6.29. The molecule has 246 valence electrons. The first-order valence-electron chi connectivity index (χ1n) is 17.7. The van der Waals surface area contributed by atoms with Gasteiger partial charge in [-0.15, -0.1) is 0 Å². The number of anilines is 3. The number of nitrogens with zero attached hydrogens (tertiary/aromatic N) is 1. The second kappa shape index (κ2) is 12.5. The molecule has 2 nitrogen and oxygen atoms in total. The maximum atomic E-state index is 6.74. The van der Waals surface area contributed by atoms with Crippen LogP contribution in [0.2, 0.25) is 0 Å². The zero-order valence-electron chi connectivity index (χ0n) is 28.3. The van der Waals surface area contributed by atoms with Crippen LogP contribution in [0.5, 0.6) is 11.5 Å². The number of ether oxygens (including phenoxy) is 1. The summed E-state index contributed by atoms with van der Waals surface area (Å²) in [7, 11) is 0. The number of para-hydroxylation sites is 3. The molecule has 52 heavy (non-hydrogen) atoms. The number of hydrogen-bond acceptors (Lipinski definition) is 3. The molecule has 0 bridgehead atoms. The van der Waals surface area contributed by atoms with Crippen molar-refractivity contribution < 1.29 is 4.74 Å².